The molecule has 4 nitrogen and oxygen atoms in total. The monoisotopic (exact) mass is 275 g/mol. The molecule has 2 rings (SSSR count). The maximum Gasteiger partial charge on any atom is 0.410 e. The molecule has 0 radical (unpaired) electrons. The molecule has 0 aromatic heterocycles. The van der Waals surface area contributed by atoms with Crippen LogP contribution in [0.15, 0.2) is 24.3 Å². The molecule has 0 spiro atoms. The van der Waals surface area contributed by atoms with E-state index in [1.165, 1.54) is 5.46 Å². The summed E-state index contributed by atoms with van der Waals surface area (Å²) in [7, 11) is 2.05. The zero-order chi connectivity index (χ0) is 14.8. The fraction of sp³-hybridized carbons (Fsp3) is 0.533. The molecule has 1 saturated heterocycles. The van der Waals surface area contributed by atoms with Gasteiger partial charge in [0.05, 0.1) is 6.54 Å². The first-order chi connectivity index (χ1) is 9.33. The highest BCUT2D eigenvalue weighted by molar-refractivity contribution is 6.32. The first-order valence-electron chi connectivity index (χ1n) is 7.05. The van der Waals surface area contributed by atoms with Crippen LogP contribution in [0.1, 0.15) is 27.2 Å². The van der Waals surface area contributed by atoms with Gasteiger partial charge in [-0.2, -0.15) is 0 Å². The molecular weight excluding hydrogens is 253 g/mol. The van der Waals surface area contributed by atoms with Crippen molar-refractivity contribution >= 4 is 19.4 Å². The van der Waals surface area contributed by atoms with E-state index in [4.69, 9.17) is 9.47 Å². The standard InChI is InChI=1S/C15H22BNO3/c1-15(2,3)20-14(18)17-9-8-13(10-17)19-12-6-4-11(16)5-7-12/h4-7,13H,8-10,16H2,1-3H3. The first-order valence-corrected chi connectivity index (χ1v) is 7.05. The van der Waals surface area contributed by atoms with Gasteiger partial charge in [0.15, 0.2) is 0 Å². The Bertz CT molecular complexity index is 467. The normalized spacial score (nSPS) is 18.9. The second-order valence-corrected chi connectivity index (χ2v) is 6.27. The molecule has 20 heavy (non-hydrogen) atoms. The fourth-order valence-corrected chi connectivity index (χ4v) is 2.13. The van der Waals surface area contributed by atoms with Crippen molar-refractivity contribution in [3.05, 3.63) is 24.3 Å². The third-order valence-corrected chi connectivity index (χ3v) is 3.12. The Labute approximate surface area is 121 Å². The highest BCUT2D eigenvalue weighted by atomic mass is 16.6. The number of hydrogen-bond acceptors (Lipinski definition) is 3. The van der Waals surface area contributed by atoms with Crippen LogP contribution in [0.25, 0.3) is 0 Å². The molecule has 1 amide bonds. The zero-order valence-electron chi connectivity index (χ0n) is 12.7. The number of amides is 1. The van der Waals surface area contributed by atoms with E-state index in [1.807, 2.05) is 52.9 Å². The van der Waals surface area contributed by atoms with E-state index >= 15 is 0 Å². The second kappa shape index (κ2) is 5.77. The van der Waals surface area contributed by atoms with E-state index in [9.17, 15) is 4.79 Å². The molecule has 0 N–H and O–H groups in total. The molecule has 1 aromatic rings. The van der Waals surface area contributed by atoms with Crippen LogP contribution in [0.5, 0.6) is 5.75 Å². The van der Waals surface area contributed by atoms with Crippen molar-refractivity contribution in [3.63, 3.8) is 0 Å². The lowest BCUT2D eigenvalue weighted by Gasteiger charge is -2.24. The Hall–Kier alpha value is -1.65. The van der Waals surface area contributed by atoms with E-state index in [2.05, 4.69) is 0 Å². The average Bonchev–Trinajstić information content (AvgIpc) is 2.79. The third kappa shape index (κ3) is 4.18. The van der Waals surface area contributed by atoms with Crippen LogP contribution in [0.4, 0.5) is 4.79 Å². The number of ether oxygens (including phenoxy) is 2. The molecule has 1 unspecified atom stereocenters. The quantitative estimate of drug-likeness (QED) is 0.764. The fourth-order valence-electron chi connectivity index (χ4n) is 2.13. The Kier molecular flexibility index (Phi) is 4.26. The lowest BCUT2D eigenvalue weighted by Crippen LogP contribution is -2.36. The van der Waals surface area contributed by atoms with Crippen LogP contribution < -0.4 is 10.2 Å². The van der Waals surface area contributed by atoms with E-state index < -0.39 is 5.60 Å². The number of carbonyl (C=O) groups is 1. The highest BCUT2D eigenvalue weighted by Crippen LogP contribution is 2.19. The minimum Gasteiger partial charge on any atom is -0.489 e. The predicted octanol–water partition coefficient (Wildman–Crippen LogP) is 1.33. The molecule has 1 aliphatic rings. The number of hydrogen-bond donors (Lipinski definition) is 0. The van der Waals surface area contributed by atoms with Crippen molar-refractivity contribution in [1.82, 2.24) is 4.90 Å². The van der Waals surface area contributed by atoms with Gasteiger partial charge >= 0.3 is 6.09 Å². The van der Waals surface area contributed by atoms with Gasteiger partial charge in [-0.25, -0.2) is 4.79 Å². The maximum absolute atomic E-state index is 12.0. The van der Waals surface area contributed by atoms with E-state index in [-0.39, 0.29) is 12.2 Å². The van der Waals surface area contributed by atoms with E-state index in [1.54, 1.807) is 4.90 Å². The number of carbonyl (C=O) groups excluding carboxylic acids is 1. The third-order valence-electron chi connectivity index (χ3n) is 3.12. The number of rotatable bonds is 2. The lowest BCUT2D eigenvalue weighted by molar-refractivity contribution is 0.0275. The van der Waals surface area contributed by atoms with E-state index in [0.717, 1.165) is 12.2 Å². The van der Waals surface area contributed by atoms with Crippen molar-refractivity contribution in [3.8, 4) is 5.75 Å². The van der Waals surface area contributed by atoms with Gasteiger partial charge in [-0.1, -0.05) is 17.6 Å². The lowest BCUT2D eigenvalue weighted by atomic mass is 9.97. The average molecular weight is 275 g/mol. The molecule has 0 bridgehead atoms. The van der Waals surface area contributed by atoms with Gasteiger partial charge in [0, 0.05) is 13.0 Å². The molecule has 0 aliphatic carbocycles. The largest absolute Gasteiger partial charge is 0.489 e. The SMILES string of the molecule is Bc1ccc(OC2CCN(C(=O)OC(C)(C)C)C2)cc1. The summed E-state index contributed by atoms with van der Waals surface area (Å²) < 4.78 is 11.3. The molecule has 108 valence electrons. The highest BCUT2D eigenvalue weighted by Gasteiger charge is 2.30. The number of benzene rings is 1. The van der Waals surface area contributed by atoms with Crippen molar-refractivity contribution < 1.29 is 14.3 Å². The topological polar surface area (TPSA) is 38.8 Å². The van der Waals surface area contributed by atoms with Crippen molar-refractivity contribution in [2.75, 3.05) is 13.1 Å². The number of nitrogens with zero attached hydrogens (tertiary/aromatic N) is 1. The van der Waals surface area contributed by atoms with Gasteiger partial charge in [0.2, 0.25) is 0 Å². The van der Waals surface area contributed by atoms with Crippen LogP contribution in [-0.2, 0) is 4.74 Å². The molecular formula is C15H22BNO3. The summed E-state index contributed by atoms with van der Waals surface area (Å²) in [6.45, 7) is 6.90. The zero-order valence-corrected chi connectivity index (χ0v) is 12.7. The smallest absolute Gasteiger partial charge is 0.410 e. The van der Waals surface area contributed by atoms with Gasteiger partial charge in [-0.05, 0) is 32.9 Å². The van der Waals surface area contributed by atoms with Gasteiger partial charge < -0.3 is 14.4 Å². The summed E-state index contributed by atoms with van der Waals surface area (Å²) in [5, 5.41) is 0. The Morgan fingerprint density at radius 1 is 1.30 bits per heavy atom. The van der Waals surface area contributed by atoms with Gasteiger partial charge in [-0.15, -0.1) is 0 Å². The van der Waals surface area contributed by atoms with Crippen molar-refractivity contribution in [1.29, 1.82) is 0 Å². The van der Waals surface area contributed by atoms with Gasteiger partial charge in [0.25, 0.3) is 0 Å². The first kappa shape index (κ1) is 14.8. The minimum absolute atomic E-state index is 0.0465. The number of likely N-dealkylation sites (tertiary alicyclic amines) is 1. The Morgan fingerprint density at radius 3 is 2.55 bits per heavy atom. The molecule has 1 aromatic carbocycles. The predicted molar refractivity (Wildman–Crippen MR) is 81.5 cm³/mol. The van der Waals surface area contributed by atoms with Crippen molar-refractivity contribution in [2.45, 2.75) is 38.9 Å². The van der Waals surface area contributed by atoms with E-state index in [0.29, 0.717) is 13.1 Å². The van der Waals surface area contributed by atoms with Gasteiger partial charge in [-0.3, -0.25) is 0 Å². The molecule has 1 aliphatic heterocycles. The summed E-state index contributed by atoms with van der Waals surface area (Å²) in [5.41, 5.74) is 0.756. The molecule has 5 heteroatoms. The van der Waals surface area contributed by atoms with Crippen LogP contribution in [-0.4, -0.2) is 43.6 Å². The summed E-state index contributed by atoms with van der Waals surface area (Å²) in [6.07, 6.45) is 0.630. The van der Waals surface area contributed by atoms with Crippen LogP contribution >= 0.6 is 0 Å². The molecule has 0 saturated carbocycles. The minimum atomic E-state index is -0.451. The maximum atomic E-state index is 12.0. The Morgan fingerprint density at radius 2 is 1.95 bits per heavy atom. The second-order valence-electron chi connectivity index (χ2n) is 6.27. The van der Waals surface area contributed by atoms with Crippen LogP contribution in [0, 0.1) is 0 Å². The van der Waals surface area contributed by atoms with Crippen molar-refractivity contribution in [2.24, 2.45) is 0 Å². The van der Waals surface area contributed by atoms with Gasteiger partial charge in [0.1, 0.15) is 25.3 Å². The molecule has 1 fully saturated rings. The van der Waals surface area contributed by atoms with Crippen LogP contribution in [0.2, 0.25) is 0 Å². The summed E-state index contributed by atoms with van der Waals surface area (Å²) in [6, 6.07) is 7.97. The Balaban J connectivity index is 1.86. The van der Waals surface area contributed by atoms with Crippen LogP contribution in [0.3, 0.4) is 0 Å². The molecule has 1 heterocycles. The summed E-state index contributed by atoms with van der Waals surface area (Å²) in [5.74, 6) is 0.853. The summed E-state index contributed by atoms with van der Waals surface area (Å²) in [4.78, 5) is 13.7. The summed E-state index contributed by atoms with van der Waals surface area (Å²) >= 11 is 0. The molecule has 1 atom stereocenters.